The zero-order valence-electron chi connectivity index (χ0n) is 18.2. The van der Waals surface area contributed by atoms with Crippen molar-refractivity contribution in [1.82, 2.24) is 19.6 Å². The first kappa shape index (κ1) is 21.4. The minimum Gasteiger partial charge on any atom is -0.294 e. The molecule has 0 bridgehead atoms. The molecule has 1 aromatic carbocycles. The van der Waals surface area contributed by atoms with Gasteiger partial charge in [0.2, 0.25) is 10.0 Å². The highest BCUT2D eigenvalue weighted by atomic mass is 32.2. The predicted molar refractivity (Wildman–Crippen MR) is 119 cm³/mol. The molecule has 1 fully saturated rings. The van der Waals surface area contributed by atoms with Gasteiger partial charge in [-0.2, -0.15) is 5.10 Å². The molecular formula is C22H27N5O3S. The Hall–Kier alpha value is -2.81. The SMILES string of the molecule is Cc1ccc(NS(C)(=O)=O)c(C(=O)C2CCCC[C@H]2c2cc3nc(C)nc(C)n3n2)c1. The predicted octanol–water partition coefficient (Wildman–Crippen LogP) is 3.58. The van der Waals surface area contributed by atoms with E-state index in [0.29, 0.717) is 17.1 Å². The van der Waals surface area contributed by atoms with Crippen LogP contribution in [0.1, 0.15) is 64.9 Å². The molecule has 0 radical (unpaired) electrons. The van der Waals surface area contributed by atoms with Gasteiger partial charge in [0.05, 0.1) is 17.6 Å². The number of fused-ring (bicyclic) bond motifs is 1. The molecule has 9 heteroatoms. The van der Waals surface area contributed by atoms with Crippen LogP contribution in [-0.4, -0.2) is 40.0 Å². The molecule has 3 aromatic rings. The zero-order valence-corrected chi connectivity index (χ0v) is 19.0. The molecule has 8 nitrogen and oxygen atoms in total. The van der Waals surface area contributed by atoms with Crippen molar-refractivity contribution in [2.75, 3.05) is 11.0 Å². The van der Waals surface area contributed by atoms with Crippen LogP contribution in [0.3, 0.4) is 0 Å². The van der Waals surface area contributed by atoms with Crippen molar-refractivity contribution in [3.8, 4) is 0 Å². The molecule has 0 saturated heterocycles. The van der Waals surface area contributed by atoms with E-state index in [2.05, 4.69) is 14.7 Å². The number of nitrogens with zero attached hydrogens (tertiary/aromatic N) is 4. The minimum atomic E-state index is -3.50. The molecule has 0 amide bonds. The number of sulfonamides is 1. The van der Waals surface area contributed by atoms with Crippen LogP contribution < -0.4 is 4.72 Å². The van der Waals surface area contributed by atoms with Gasteiger partial charge in [0.1, 0.15) is 11.6 Å². The topological polar surface area (TPSA) is 106 Å². The van der Waals surface area contributed by atoms with E-state index in [9.17, 15) is 13.2 Å². The van der Waals surface area contributed by atoms with Crippen LogP contribution in [0.15, 0.2) is 24.3 Å². The summed E-state index contributed by atoms with van der Waals surface area (Å²) in [6.45, 7) is 5.63. The van der Waals surface area contributed by atoms with Crippen LogP contribution in [0.5, 0.6) is 0 Å². The standard InChI is InChI=1S/C22H27N5O3S/c1-13-9-10-19(26-31(4,29)30)18(11-13)22(28)17-8-6-5-7-16(17)20-12-21-24-14(2)23-15(3)27(21)25-20/h9-12,16-17,26H,5-8H2,1-4H3/t16-,17?/m1/s1. The average molecular weight is 442 g/mol. The third-order valence-corrected chi connectivity index (χ3v) is 6.43. The summed E-state index contributed by atoms with van der Waals surface area (Å²) in [5, 5.41) is 4.73. The largest absolute Gasteiger partial charge is 0.294 e. The van der Waals surface area contributed by atoms with Gasteiger partial charge in [-0.25, -0.2) is 22.9 Å². The van der Waals surface area contributed by atoms with Gasteiger partial charge in [-0.1, -0.05) is 24.5 Å². The molecule has 0 aliphatic heterocycles. The summed E-state index contributed by atoms with van der Waals surface area (Å²) >= 11 is 0. The Morgan fingerprint density at radius 1 is 1.10 bits per heavy atom. The van der Waals surface area contributed by atoms with Gasteiger partial charge in [-0.3, -0.25) is 9.52 Å². The second-order valence-electron chi connectivity index (χ2n) is 8.44. The number of benzene rings is 1. The van der Waals surface area contributed by atoms with Crippen LogP contribution in [0.4, 0.5) is 5.69 Å². The van der Waals surface area contributed by atoms with Crippen molar-refractivity contribution in [3.05, 3.63) is 52.7 Å². The number of carbonyl (C=O) groups excluding carboxylic acids is 1. The van der Waals surface area contributed by atoms with Crippen molar-refractivity contribution in [1.29, 1.82) is 0 Å². The molecule has 164 valence electrons. The Bertz CT molecular complexity index is 1270. The van der Waals surface area contributed by atoms with E-state index in [-0.39, 0.29) is 17.6 Å². The first-order valence-corrected chi connectivity index (χ1v) is 12.3. The normalized spacial score (nSPS) is 19.5. The Labute approximate surface area is 182 Å². The van der Waals surface area contributed by atoms with E-state index in [4.69, 9.17) is 5.10 Å². The highest BCUT2D eigenvalue weighted by Gasteiger charge is 2.35. The van der Waals surface area contributed by atoms with Crippen LogP contribution in [0, 0.1) is 26.7 Å². The molecule has 1 aliphatic rings. The molecule has 31 heavy (non-hydrogen) atoms. The van der Waals surface area contributed by atoms with Gasteiger partial charge >= 0.3 is 0 Å². The van der Waals surface area contributed by atoms with Gasteiger partial charge in [0, 0.05) is 23.5 Å². The van der Waals surface area contributed by atoms with Crippen molar-refractivity contribution in [2.45, 2.75) is 52.4 Å². The number of rotatable bonds is 5. The lowest BCUT2D eigenvalue weighted by Crippen LogP contribution is -2.27. The second-order valence-corrected chi connectivity index (χ2v) is 10.2. The fraction of sp³-hybridized carbons (Fsp3) is 0.455. The van der Waals surface area contributed by atoms with E-state index in [1.54, 1.807) is 22.7 Å². The molecule has 2 atom stereocenters. The minimum absolute atomic E-state index is 0.0457. The molecule has 1 saturated carbocycles. The van der Waals surface area contributed by atoms with Crippen molar-refractivity contribution >= 4 is 27.1 Å². The van der Waals surface area contributed by atoms with Gasteiger partial charge in [-0.15, -0.1) is 0 Å². The van der Waals surface area contributed by atoms with Gasteiger partial charge in [0.15, 0.2) is 11.4 Å². The molecule has 0 spiro atoms. The lowest BCUT2D eigenvalue weighted by Gasteiger charge is -2.30. The van der Waals surface area contributed by atoms with E-state index in [0.717, 1.165) is 54.7 Å². The average Bonchev–Trinajstić information content (AvgIpc) is 3.12. The van der Waals surface area contributed by atoms with Crippen LogP contribution >= 0.6 is 0 Å². The second kappa shape index (κ2) is 8.03. The summed E-state index contributed by atoms with van der Waals surface area (Å²) < 4.78 is 27.9. The smallest absolute Gasteiger partial charge is 0.229 e. The summed E-state index contributed by atoms with van der Waals surface area (Å²) in [4.78, 5) is 22.5. The first-order chi connectivity index (χ1) is 14.6. The highest BCUT2D eigenvalue weighted by molar-refractivity contribution is 7.92. The molecule has 4 rings (SSSR count). The van der Waals surface area contributed by atoms with E-state index >= 15 is 0 Å². The van der Waals surface area contributed by atoms with E-state index < -0.39 is 10.0 Å². The number of nitrogens with one attached hydrogen (secondary N) is 1. The Balaban J connectivity index is 1.74. The summed E-state index contributed by atoms with van der Waals surface area (Å²) in [6, 6.07) is 7.18. The molecule has 1 aliphatic carbocycles. The maximum Gasteiger partial charge on any atom is 0.229 e. The number of aryl methyl sites for hydroxylation is 3. The maximum absolute atomic E-state index is 13.7. The Morgan fingerprint density at radius 3 is 2.58 bits per heavy atom. The van der Waals surface area contributed by atoms with E-state index in [1.165, 1.54) is 0 Å². The van der Waals surface area contributed by atoms with Crippen LogP contribution in [-0.2, 0) is 10.0 Å². The highest BCUT2D eigenvalue weighted by Crippen LogP contribution is 2.40. The molecule has 1 unspecified atom stereocenters. The monoisotopic (exact) mass is 441 g/mol. The third kappa shape index (κ3) is 4.46. The lowest BCUT2D eigenvalue weighted by molar-refractivity contribution is 0.0867. The molecule has 2 heterocycles. The van der Waals surface area contributed by atoms with E-state index in [1.807, 2.05) is 26.8 Å². The molecular weight excluding hydrogens is 414 g/mol. The summed E-state index contributed by atoms with van der Waals surface area (Å²) in [5.74, 6) is 1.08. The zero-order chi connectivity index (χ0) is 22.3. The Morgan fingerprint density at radius 2 is 1.84 bits per heavy atom. The number of Topliss-reactive ketones (excluding diaryl/α,β-unsaturated/α-hetero) is 1. The number of hydrogen-bond donors (Lipinski definition) is 1. The first-order valence-electron chi connectivity index (χ1n) is 10.5. The number of anilines is 1. The maximum atomic E-state index is 13.7. The number of ketones is 1. The summed E-state index contributed by atoms with van der Waals surface area (Å²) in [6.07, 6.45) is 4.67. The number of carbonyl (C=O) groups is 1. The van der Waals surface area contributed by atoms with Gasteiger partial charge in [0.25, 0.3) is 0 Å². The van der Waals surface area contributed by atoms with Crippen molar-refractivity contribution in [2.24, 2.45) is 5.92 Å². The summed E-state index contributed by atoms with van der Waals surface area (Å²) in [5.41, 5.74) is 3.22. The Kier molecular flexibility index (Phi) is 5.55. The van der Waals surface area contributed by atoms with Crippen molar-refractivity contribution in [3.63, 3.8) is 0 Å². The van der Waals surface area contributed by atoms with Crippen LogP contribution in [0.2, 0.25) is 0 Å². The fourth-order valence-corrected chi connectivity index (χ4v) is 5.09. The van der Waals surface area contributed by atoms with Crippen molar-refractivity contribution < 1.29 is 13.2 Å². The third-order valence-electron chi connectivity index (χ3n) is 5.83. The fourth-order valence-electron chi connectivity index (χ4n) is 4.51. The van der Waals surface area contributed by atoms with Gasteiger partial charge in [-0.05, 0) is 45.7 Å². The molecule has 1 N–H and O–H groups in total. The number of aromatic nitrogens is 4. The number of hydrogen-bond acceptors (Lipinski definition) is 6. The summed E-state index contributed by atoms with van der Waals surface area (Å²) in [7, 11) is -3.50. The lowest BCUT2D eigenvalue weighted by atomic mass is 9.73. The van der Waals surface area contributed by atoms with Gasteiger partial charge < -0.3 is 0 Å². The van der Waals surface area contributed by atoms with Crippen LogP contribution in [0.25, 0.3) is 5.65 Å². The molecule has 2 aromatic heterocycles. The quantitative estimate of drug-likeness (QED) is 0.607.